The van der Waals surface area contributed by atoms with Crippen molar-refractivity contribution >= 4 is 11.6 Å². The van der Waals surface area contributed by atoms with E-state index in [4.69, 9.17) is 10.5 Å². The second-order valence-electron chi connectivity index (χ2n) is 11.4. The highest BCUT2D eigenvalue weighted by Gasteiger charge is 2.27. The van der Waals surface area contributed by atoms with Crippen LogP contribution in [0.25, 0.3) is 0 Å². The summed E-state index contributed by atoms with van der Waals surface area (Å²) in [5.41, 5.74) is 6.89. The highest BCUT2D eigenvalue weighted by atomic mass is 19.1. The topological polar surface area (TPSA) is 102 Å². The average Bonchev–Trinajstić information content (AvgIpc) is 2.88. The van der Waals surface area contributed by atoms with Gasteiger partial charge in [-0.05, 0) is 54.0 Å². The van der Waals surface area contributed by atoms with Crippen LogP contribution in [0.5, 0.6) is 0 Å². The molecule has 2 aromatic rings. The third-order valence-electron chi connectivity index (χ3n) is 6.80. The molecule has 0 fully saturated rings. The number of carbonyl (C=O) groups is 2. The predicted octanol–water partition coefficient (Wildman–Crippen LogP) is 4.89. The molecule has 0 bridgehead atoms. The Morgan fingerprint density at radius 1 is 1.05 bits per heavy atom. The van der Waals surface area contributed by atoms with Gasteiger partial charge in [0.1, 0.15) is 23.5 Å². The first-order valence-corrected chi connectivity index (χ1v) is 13.7. The number of nitrogens with two attached hydrogens (primary N) is 1. The number of halogens is 2. The number of nitrogens with one attached hydrogen (secondary N) is 1. The predicted molar refractivity (Wildman–Crippen MR) is 149 cm³/mol. The number of hydrogen-bond donors (Lipinski definition) is 3. The number of hydrogen-bond acceptors (Lipinski definition) is 6. The number of carbonyl (C=O) groups excluding carboxylic acids is 2. The van der Waals surface area contributed by atoms with Crippen molar-refractivity contribution in [2.45, 2.75) is 97.1 Å². The second-order valence-corrected chi connectivity index (χ2v) is 11.4. The Balaban J connectivity index is 1.78. The summed E-state index contributed by atoms with van der Waals surface area (Å²) in [6, 6.07) is 11.8. The lowest BCUT2D eigenvalue weighted by molar-refractivity contribution is -0.129. The van der Waals surface area contributed by atoms with Crippen LogP contribution in [0.1, 0.15) is 70.9 Å². The molecule has 4 N–H and O–H groups in total. The van der Waals surface area contributed by atoms with Crippen LogP contribution in [-0.4, -0.2) is 47.5 Å². The fourth-order valence-electron chi connectivity index (χ4n) is 4.43. The van der Waals surface area contributed by atoms with Crippen molar-refractivity contribution < 1.29 is 28.2 Å². The molecule has 216 valence electrons. The van der Waals surface area contributed by atoms with E-state index in [0.717, 1.165) is 17.7 Å². The van der Waals surface area contributed by atoms with E-state index in [1.807, 2.05) is 58.0 Å². The van der Waals surface area contributed by atoms with Crippen LogP contribution in [0.3, 0.4) is 0 Å². The maximum absolute atomic E-state index is 14.2. The molecule has 0 heterocycles. The summed E-state index contributed by atoms with van der Waals surface area (Å²) >= 11 is 0. The van der Waals surface area contributed by atoms with Gasteiger partial charge in [0, 0.05) is 31.3 Å². The number of ether oxygens (including phenoxy) is 1. The molecule has 8 heteroatoms. The Kier molecular flexibility index (Phi) is 13.3. The summed E-state index contributed by atoms with van der Waals surface area (Å²) in [6.45, 7) is 8.25. The molecule has 0 radical (unpaired) electrons. The summed E-state index contributed by atoms with van der Waals surface area (Å²) in [5.74, 6) is -1.33. The smallest absolute Gasteiger partial charge is 0.162 e. The first-order valence-electron chi connectivity index (χ1n) is 13.7. The number of rotatable bonds is 18. The number of aliphatic hydroxyl groups is 1. The standard InChI is InChI=1S/C31H44F2N2O4/c1-21(2)35-25(17-23-16-24(32)10-11-27(23)33)18-26(36)12-14-31(3,4)15-13-29(37)30(38)28(34)20-39-19-22-8-6-5-7-9-22/h5-11,16,21,25,28,30,35,38H,12-15,17-20,34H2,1-4H3/t25?,28-,30+/m1/s1. The quantitative estimate of drug-likeness (QED) is 0.246. The monoisotopic (exact) mass is 546 g/mol. The van der Waals surface area contributed by atoms with Crippen molar-refractivity contribution in [3.8, 4) is 0 Å². The molecule has 2 aromatic carbocycles. The largest absolute Gasteiger partial charge is 0.384 e. The maximum Gasteiger partial charge on any atom is 0.162 e. The maximum atomic E-state index is 14.2. The molecule has 0 saturated carbocycles. The van der Waals surface area contributed by atoms with Gasteiger partial charge in [-0.3, -0.25) is 9.59 Å². The lowest BCUT2D eigenvalue weighted by Gasteiger charge is -2.26. The fraction of sp³-hybridized carbons (Fsp3) is 0.548. The third-order valence-corrected chi connectivity index (χ3v) is 6.80. The van der Waals surface area contributed by atoms with Crippen LogP contribution in [0.15, 0.2) is 48.5 Å². The first kappa shape index (κ1) is 32.7. The van der Waals surface area contributed by atoms with E-state index in [9.17, 15) is 23.5 Å². The highest BCUT2D eigenvalue weighted by Crippen LogP contribution is 2.29. The molecular formula is C31H44F2N2O4. The van der Waals surface area contributed by atoms with Gasteiger partial charge in [-0.15, -0.1) is 0 Å². The van der Waals surface area contributed by atoms with Crippen molar-refractivity contribution in [3.63, 3.8) is 0 Å². The molecule has 39 heavy (non-hydrogen) atoms. The van der Waals surface area contributed by atoms with E-state index in [-0.39, 0.29) is 60.5 Å². The van der Waals surface area contributed by atoms with Gasteiger partial charge in [-0.1, -0.05) is 58.0 Å². The van der Waals surface area contributed by atoms with Crippen molar-refractivity contribution in [2.24, 2.45) is 11.1 Å². The van der Waals surface area contributed by atoms with E-state index < -0.39 is 23.8 Å². The van der Waals surface area contributed by atoms with E-state index in [1.165, 1.54) is 6.07 Å². The molecule has 1 unspecified atom stereocenters. The summed E-state index contributed by atoms with van der Waals surface area (Å²) in [5, 5.41) is 13.6. The van der Waals surface area contributed by atoms with Gasteiger partial charge in [-0.25, -0.2) is 8.78 Å². The number of Topliss-reactive ketones (excluding diaryl/α,β-unsaturated/α-hetero) is 2. The molecule has 0 aromatic heterocycles. The molecule has 0 spiro atoms. The van der Waals surface area contributed by atoms with Crippen LogP contribution in [0.2, 0.25) is 0 Å². The number of aliphatic hydroxyl groups excluding tert-OH is 1. The van der Waals surface area contributed by atoms with Gasteiger partial charge < -0.3 is 20.9 Å². The summed E-state index contributed by atoms with van der Waals surface area (Å²) in [4.78, 5) is 25.4. The first-order chi connectivity index (χ1) is 18.4. The zero-order valence-corrected chi connectivity index (χ0v) is 23.6. The SMILES string of the molecule is CC(C)NC(CC(=O)CCC(C)(C)CCC(=O)[C@@H](O)[C@H](N)COCc1ccccc1)Cc1cc(F)ccc1F. The molecule has 0 aliphatic heterocycles. The van der Waals surface area contributed by atoms with Crippen LogP contribution in [0.4, 0.5) is 8.78 Å². The van der Waals surface area contributed by atoms with Crippen LogP contribution < -0.4 is 11.1 Å². The fourth-order valence-corrected chi connectivity index (χ4v) is 4.43. The molecule has 0 amide bonds. The van der Waals surface area contributed by atoms with E-state index >= 15 is 0 Å². The average molecular weight is 547 g/mol. The van der Waals surface area contributed by atoms with Gasteiger partial charge >= 0.3 is 0 Å². The van der Waals surface area contributed by atoms with Crippen molar-refractivity contribution in [1.82, 2.24) is 5.32 Å². The van der Waals surface area contributed by atoms with Crippen molar-refractivity contribution in [3.05, 3.63) is 71.3 Å². The zero-order chi connectivity index (χ0) is 29.0. The molecule has 0 saturated heterocycles. The third kappa shape index (κ3) is 12.5. The molecule has 6 nitrogen and oxygen atoms in total. The Labute approximate surface area is 231 Å². The molecular weight excluding hydrogens is 502 g/mol. The minimum atomic E-state index is -1.32. The van der Waals surface area contributed by atoms with Crippen LogP contribution >= 0.6 is 0 Å². The van der Waals surface area contributed by atoms with Crippen molar-refractivity contribution in [2.75, 3.05) is 6.61 Å². The summed E-state index contributed by atoms with van der Waals surface area (Å²) in [7, 11) is 0. The minimum absolute atomic E-state index is 0.0157. The highest BCUT2D eigenvalue weighted by molar-refractivity contribution is 5.83. The van der Waals surface area contributed by atoms with Crippen molar-refractivity contribution in [1.29, 1.82) is 0 Å². The number of benzene rings is 2. The van der Waals surface area contributed by atoms with Crippen LogP contribution in [0, 0.1) is 17.0 Å². The summed E-state index contributed by atoms with van der Waals surface area (Å²) in [6.07, 6.45) is 0.589. The Morgan fingerprint density at radius 3 is 2.38 bits per heavy atom. The van der Waals surface area contributed by atoms with E-state index in [2.05, 4.69) is 5.32 Å². The van der Waals surface area contributed by atoms with Gasteiger partial charge in [0.05, 0.1) is 19.3 Å². The lowest BCUT2D eigenvalue weighted by Crippen LogP contribution is -2.44. The Hall–Kier alpha value is -2.52. The normalized spacial score (nSPS) is 14.3. The molecule has 2 rings (SSSR count). The Morgan fingerprint density at radius 2 is 1.72 bits per heavy atom. The molecule has 0 aliphatic carbocycles. The van der Waals surface area contributed by atoms with E-state index in [0.29, 0.717) is 25.9 Å². The van der Waals surface area contributed by atoms with Gasteiger partial charge in [0.25, 0.3) is 0 Å². The lowest BCUT2D eigenvalue weighted by atomic mass is 9.81. The second kappa shape index (κ2) is 15.9. The van der Waals surface area contributed by atoms with E-state index in [1.54, 1.807) is 0 Å². The Bertz CT molecular complexity index is 1050. The minimum Gasteiger partial charge on any atom is -0.384 e. The van der Waals surface area contributed by atoms with Gasteiger partial charge in [0.15, 0.2) is 5.78 Å². The molecule has 0 aliphatic rings. The zero-order valence-electron chi connectivity index (χ0n) is 23.6. The van der Waals surface area contributed by atoms with Gasteiger partial charge in [-0.2, -0.15) is 0 Å². The number of ketones is 2. The molecule has 3 atom stereocenters. The summed E-state index contributed by atoms with van der Waals surface area (Å²) < 4.78 is 33.3. The van der Waals surface area contributed by atoms with Gasteiger partial charge in [0.2, 0.25) is 0 Å². The van der Waals surface area contributed by atoms with Crippen LogP contribution in [-0.2, 0) is 27.4 Å².